The number of ether oxygens (including phenoxy) is 2. The first kappa shape index (κ1) is 13.2. The normalized spacial score (nSPS) is 10.6. The maximum atomic E-state index is 12.1. The van der Waals surface area contributed by atoms with E-state index in [4.69, 9.17) is 4.74 Å². The quantitative estimate of drug-likeness (QED) is 0.746. The third-order valence-electron chi connectivity index (χ3n) is 2.06. The number of methoxy groups -OCH3 is 1. The van der Waals surface area contributed by atoms with Crippen molar-refractivity contribution >= 4 is 15.9 Å². The summed E-state index contributed by atoms with van der Waals surface area (Å²) in [6, 6.07) is 5.01. The van der Waals surface area contributed by atoms with E-state index in [9.17, 15) is 8.78 Å². The molecule has 0 amide bonds. The van der Waals surface area contributed by atoms with Crippen molar-refractivity contribution in [1.82, 2.24) is 0 Å². The van der Waals surface area contributed by atoms with E-state index in [2.05, 4.69) is 20.7 Å². The van der Waals surface area contributed by atoms with Crippen molar-refractivity contribution in [2.24, 2.45) is 0 Å². The molecule has 16 heavy (non-hydrogen) atoms. The number of para-hydroxylation sites is 1. The van der Waals surface area contributed by atoms with E-state index in [-0.39, 0.29) is 5.75 Å². The minimum atomic E-state index is -2.83. The second-order valence-corrected chi connectivity index (χ2v) is 3.91. The average Bonchev–Trinajstić information content (AvgIpc) is 2.25. The molecule has 0 aliphatic carbocycles. The Balaban J connectivity index is 2.91. The summed E-state index contributed by atoms with van der Waals surface area (Å²) in [5, 5.41) is 0.857. The van der Waals surface area contributed by atoms with Crippen LogP contribution in [0, 0.1) is 0 Å². The van der Waals surface area contributed by atoms with E-state index in [0.717, 1.165) is 23.7 Å². The highest BCUT2D eigenvalue weighted by Crippen LogP contribution is 2.32. The van der Waals surface area contributed by atoms with Crippen molar-refractivity contribution in [3.05, 3.63) is 23.8 Å². The Labute approximate surface area is 102 Å². The van der Waals surface area contributed by atoms with Crippen LogP contribution < -0.4 is 9.47 Å². The lowest BCUT2D eigenvalue weighted by Crippen LogP contribution is -2.05. The lowest BCUT2D eigenvalue weighted by atomic mass is 10.1. The standard InChI is InChI=1S/C11H13BrF2O2/c1-15-10-8(5-3-7-12)4-2-6-9(10)16-11(13)14/h2,4,6,11H,3,5,7H2,1H3. The van der Waals surface area contributed by atoms with Gasteiger partial charge in [-0.25, -0.2) is 0 Å². The van der Waals surface area contributed by atoms with Gasteiger partial charge in [-0.05, 0) is 24.5 Å². The molecule has 0 bridgehead atoms. The van der Waals surface area contributed by atoms with Crippen LogP contribution >= 0.6 is 15.9 Å². The second kappa shape index (κ2) is 6.68. The van der Waals surface area contributed by atoms with Crippen LogP contribution in [0.25, 0.3) is 0 Å². The predicted octanol–water partition coefficient (Wildman–Crippen LogP) is 3.62. The lowest BCUT2D eigenvalue weighted by Gasteiger charge is -2.13. The number of rotatable bonds is 6. The zero-order valence-corrected chi connectivity index (χ0v) is 10.5. The summed E-state index contributed by atoms with van der Waals surface area (Å²) >= 11 is 3.32. The molecule has 0 aliphatic rings. The van der Waals surface area contributed by atoms with Gasteiger partial charge >= 0.3 is 6.61 Å². The summed E-state index contributed by atoms with van der Waals surface area (Å²) in [6.45, 7) is -2.83. The zero-order valence-electron chi connectivity index (χ0n) is 8.88. The smallest absolute Gasteiger partial charge is 0.387 e. The van der Waals surface area contributed by atoms with Crippen LogP contribution in [-0.4, -0.2) is 19.1 Å². The Kier molecular flexibility index (Phi) is 5.52. The van der Waals surface area contributed by atoms with Gasteiger partial charge in [-0.15, -0.1) is 0 Å². The Hall–Kier alpha value is -0.840. The highest BCUT2D eigenvalue weighted by Gasteiger charge is 2.13. The topological polar surface area (TPSA) is 18.5 Å². The maximum absolute atomic E-state index is 12.1. The highest BCUT2D eigenvalue weighted by molar-refractivity contribution is 9.09. The van der Waals surface area contributed by atoms with Crippen molar-refractivity contribution in [1.29, 1.82) is 0 Å². The summed E-state index contributed by atoms with van der Waals surface area (Å²) in [5.74, 6) is 0.480. The molecule has 2 nitrogen and oxygen atoms in total. The Morgan fingerprint density at radius 2 is 2.12 bits per heavy atom. The van der Waals surface area contributed by atoms with E-state index >= 15 is 0 Å². The number of halogens is 3. The van der Waals surface area contributed by atoms with Crippen LogP contribution in [-0.2, 0) is 6.42 Å². The highest BCUT2D eigenvalue weighted by atomic mass is 79.9. The molecule has 0 aromatic heterocycles. The SMILES string of the molecule is COc1c(CCCBr)cccc1OC(F)F. The molecule has 0 atom stereocenters. The molecule has 0 radical (unpaired) electrons. The number of benzene rings is 1. The first-order valence-electron chi connectivity index (χ1n) is 4.85. The molecule has 1 aromatic carbocycles. The number of hydrogen-bond donors (Lipinski definition) is 0. The Bertz CT molecular complexity index is 332. The van der Waals surface area contributed by atoms with Gasteiger partial charge in [-0.2, -0.15) is 8.78 Å². The number of hydrogen-bond acceptors (Lipinski definition) is 2. The number of aryl methyl sites for hydroxylation is 1. The molecule has 0 heterocycles. The second-order valence-electron chi connectivity index (χ2n) is 3.12. The largest absolute Gasteiger partial charge is 0.493 e. The van der Waals surface area contributed by atoms with Crippen molar-refractivity contribution in [2.75, 3.05) is 12.4 Å². The molecule has 0 aliphatic heterocycles. The van der Waals surface area contributed by atoms with E-state index in [1.54, 1.807) is 6.07 Å². The van der Waals surface area contributed by atoms with E-state index in [1.807, 2.05) is 6.07 Å². The molecule has 0 unspecified atom stereocenters. The van der Waals surface area contributed by atoms with Gasteiger partial charge in [0.25, 0.3) is 0 Å². The van der Waals surface area contributed by atoms with Gasteiger partial charge < -0.3 is 9.47 Å². The fourth-order valence-corrected chi connectivity index (χ4v) is 1.72. The van der Waals surface area contributed by atoms with Crippen LogP contribution in [0.5, 0.6) is 11.5 Å². The Morgan fingerprint density at radius 1 is 1.38 bits per heavy atom. The molecule has 0 N–H and O–H groups in total. The molecule has 5 heteroatoms. The first-order valence-corrected chi connectivity index (χ1v) is 5.97. The minimum Gasteiger partial charge on any atom is -0.493 e. The van der Waals surface area contributed by atoms with Gasteiger partial charge in [0.05, 0.1) is 7.11 Å². The zero-order chi connectivity index (χ0) is 12.0. The van der Waals surface area contributed by atoms with E-state index < -0.39 is 6.61 Å². The monoisotopic (exact) mass is 294 g/mol. The van der Waals surface area contributed by atoms with E-state index in [1.165, 1.54) is 13.2 Å². The molecule has 0 fully saturated rings. The molecule has 1 aromatic rings. The van der Waals surface area contributed by atoms with E-state index in [0.29, 0.717) is 5.75 Å². The van der Waals surface area contributed by atoms with Gasteiger partial charge in [0.1, 0.15) is 0 Å². The molecule has 90 valence electrons. The van der Waals surface area contributed by atoms with Crippen molar-refractivity contribution in [3.63, 3.8) is 0 Å². The van der Waals surface area contributed by atoms with Gasteiger partial charge in [-0.3, -0.25) is 0 Å². The van der Waals surface area contributed by atoms with Crippen LogP contribution in [0.15, 0.2) is 18.2 Å². The fraction of sp³-hybridized carbons (Fsp3) is 0.455. The average molecular weight is 295 g/mol. The van der Waals surface area contributed by atoms with Gasteiger partial charge in [0.2, 0.25) is 0 Å². The fourth-order valence-electron chi connectivity index (χ4n) is 1.44. The van der Waals surface area contributed by atoms with Crippen molar-refractivity contribution < 1.29 is 18.3 Å². The van der Waals surface area contributed by atoms with Crippen LogP contribution in [0.4, 0.5) is 8.78 Å². The third-order valence-corrected chi connectivity index (χ3v) is 2.62. The van der Waals surface area contributed by atoms with Crippen LogP contribution in [0.3, 0.4) is 0 Å². The lowest BCUT2D eigenvalue weighted by molar-refractivity contribution is -0.0512. The minimum absolute atomic E-state index is 0.0876. The summed E-state index contributed by atoms with van der Waals surface area (Å²) < 4.78 is 33.8. The summed E-state index contributed by atoms with van der Waals surface area (Å²) in [6.07, 6.45) is 1.67. The summed E-state index contributed by atoms with van der Waals surface area (Å²) in [5.41, 5.74) is 0.875. The molecule has 1 rings (SSSR count). The molecule has 0 saturated carbocycles. The van der Waals surface area contributed by atoms with Crippen LogP contribution in [0.1, 0.15) is 12.0 Å². The Morgan fingerprint density at radius 3 is 2.69 bits per heavy atom. The van der Waals surface area contributed by atoms with Crippen molar-refractivity contribution in [2.45, 2.75) is 19.5 Å². The van der Waals surface area contributed by atoms with Crippen molar-refractivity contribution in [3.8, 4) is 11.5 Å². The molecule has 0 saturated heterocycles. The molecule has 0 spiro atoms. The van der Waals surface area contributed by atoms with Crippen LogP contribution in [0.2, 0.25) is 0 Å². The molecular weight excluding hydrogens is 282 g/mol. The summed E-state index contributed by atoms with van der Waals surface area (Å²) in [7, 11) is 1.45. The third kappa shape index (κ3) is 3.63. The predicted molar refractivity (Wildman–Crippen MR) is 61.7 cm³/mol. The van der Waals surface area contributed by atoms with Gasteiger partial charge in [-0.1, -0.05) is 28.1 Å². The van der Waals surface area contributed by atoms with Gasteiger partial charge in [0, 0.05) is 5.33 Å². The number of alkyl halides is 3. The van der Waals surface area contributed by atoms with Gasteiger partial charge in [0.15, 0.2) is 11.5 Å². The first-order chi connectivity index (χ1) is 7.69. The maximum Gasteiger partial charge on any atom is 0.387 e. The summed E-state index contributed by atoms with van der Waals surface area (Å²) in [4.78, 5) is 0. The molecular formula is C11H13BrF2O2.